The molecule has 166 valence electrons. The Morgan fingerprint density at radius 2 is 1.81 bits per heavy atom. The molecule has 2 aliphatic heterocycles. The molecule has 0 radical (unpaired) electrons. The predicted octanol–water partition coefficient (Wildman–Crippen LogP) is 3.65. The largest absolute Gasteiger partial charge is 0.373 e. The first-order chi connectivity index (χ1) is 14.8. The van der Waals surface area contributed by atoms with E-state index in [-0.39, 0.29) is 16.8 Å². The van der Waals surface area contributed by atoms with Crippen LogP contribution in [0.1, 0.15) is 47.7 Å². The van der Waals surface area contributed by atoms with Gasteiger partial charge in [0, 0.05) is 50.5 Å². The number of aryl methyl sites for hydroxylation is 1. The van der Waals surface area contributed by atoms with Gasteiger partial charge in [-0.1, -0.05) is 30.7 Å². The van der Waals surface area contributed by atoms with Crippen molar-refractivity contribution in [1.82, 2.24) is 9.21 Å². The van der Waals surface area contributed by atoms with E-state index < -0.39 is 10.0 Å². The number of rotatable bonds is 3. The van der Waals surface area contributed by atoms with Crippen molar-refractivity contribution < 1.29 is 13.2 Å². The lowest BCUT2D eigenvalue weighted by molar-refractivity contribution is 0.0750. The molecule has 2 aliphatic rings. The van der Waals surface area contributed by atoms with E-state index in [1.807, 2.05) is 44.0 Å². The van der Waals surface area contributed by atoms with Gasteiger partial charge in [0.1, 0.15) is 0 Å². The first-order valence-electron chi connectivity index (χ1n) is 11.0. The summed E-state index contributed by atoms with van der Waals surface area (Å²) >= 11 is 0. The van der Waals surface area contributed by atoms with Crippen molar-refractivity contribution in [2.75, 3.05) is 31.6 Å². The molecule has 4 rings (SSSR count). The minimum Gasteiger partial charge on any atom is -0.373 e. The minimum absolute atomic E-state index is 0.0168. The summed E-state index contributed by atoms with van der Waals surface area (Å²) in [5.41, 5.74) is 3.48. The normalized spacial score (nSPS) is 20.3. The zero-order valence-electron chi connectivity index (χ0n) is 18.5. The second-order valence-electron chi connectivity index (χ2n) is 8.71. The van der Waals surface area contributed by atoms with E-state index in [2.05, 4.69) is 11.0 Å². The minimum atomic E-state index is -3.62. The Balaban J connectivity index is 1.65. The molecule has 31 heavy (non-hydrogen) atoms. The third kappa shape index (κ3) is 4.21. The molecule has 7 heteroatoms. The van der Waals surface area contributed by atoms with Gasteiger partial charge in [-0.15, -0.1) is 0 Å². The molecule has 0 spiro atoms. The zero-order valence-corrected chi connectivity index (χ0v) is 19.4. The summed E-state index contributed by atoms with van der Waals surface area (Å²) in [6.07, 6.45) is 2.80. The van der Waals surface area contributed by atoms with E-state index in [0.29, 0.717) is 25.2 Å². The highest BCUT2D eigenvalue weighted by molar-refractivity contribution is 7.89. The third-order valence-electron chi connectivity index (χ3n) is 6.54. The van der Waals surface area contributed by atoms with Crippen molar-refractivity contribution in [3.05, 3.63) is 59.2 Å². The van der Waals surface area contributed by atoms with Crippen LogP contribution in [-0.4, -0.2) is 56.3 Å². The van der Waals surface area contributed by atoms with Gasteiger partial charge in [-0.3, -0.25) is 4.79 Å². The molecule has 0 bridgehead atoms. The number of nitrogens with zero attached hydrogens (tertiary/aromatic N) is 3. The molecule has 1 amide bonds. The summed E-state index contributed by atoms with van der Waals surface area (Å²) in [7, 11) is -1.59. The van der Waals surface area contributed by atoms with E-state index in [1.54, 1.807) is 22.5 Å². The lowest BCUT2D eigenvalue weighted by Gasteiger charge is -2.32. The van der Waals surface area contributed by atoms with E-state index in [4.69, 9.17) is 0 Å². The number of hydrogen-bond acceptors (Lipinski definition) is 4. The second-order valence-corrected chi connectivity index (χ2v) is 10.6. The van der Waals surface area contributed by atoms with Gasteiger partial charge in [0.25, 0.3) is 5.91 Å². The number of fused-ring (bicyclic) bond motifs is 1. The smallest absolute Gasteiger partial charge is 0.254 e. The van der Waals surface area contributed by atoms with Gasteiger partial charge in [-0.25, -0.2) is 8.42 Å². The molecule has 0 saturated carbocycles. The van der Waals surface area contributed by atoms with E-state index in [9.17, 15) is 13.2 Å². The third-order valence-corrected chi connectivity index (χ3v) is 8.55. The Hall–Kier alpha value is -2.38. The molecule has 0 N–H and O–H groups in total. The quantitative estimate of drug-likeness (QED) is 0.730. The Labute approximate surface area is 185 Å². The monoisotopic (exact) mass is 441 g/mol. The van der Waals surface area contributed by atoms with Crippen LogP contribution in [0.25, 0.3) is 0 Å². The zero-order chi connectivity index (χ0) is 22.2. The summed E-state index contributed by atoms with van der Waals surface area (Å²) in [5, 5.41) is 0. The van der Waals surface area contributed by atoms with Crippen LogP contribution in [0.5, 0.6) is 0 Å². The van der Waals surface area contributed by atoms with Gasteiger partial charge in [0.15, 0.2) is 0 Å². The fourth-order valence-electron chi connectivity index (χ4n) is 4.59. The van der Waals surface area contributed by atoms with Crippen LogP contribution in [0, 0.1) is 6.92 Å². The van der Waals surface area contributed by atoms with Crippen LogP contribution >= 0.6 is 0 Å². The number of piperidine rings is 1. The van der Waals surface area contributed by atoms with Gasteiger partial charge in [0.2, 0.25) is 10.0 Å². The van der Waals surface area contributed by atoms with Crippen molar-refractivity contribution >= 4 is 21.6 Å². The van der Waals surface area contributed by atoms with Crippen molar-refractivity contribution in [3.63, 3.8) is 0 Å². The van der Waals surface area contributed by atoms with Crippen molar-refractivity contribution in [1.29, 1.82) is 0 Å². The average Bonchev–Trinajstić information content (AvgIpc) is 2.93. The first-order valence-corrected chi connectivity index (χ1v) is 12.4. The van der Waals surface area contributed by atoms with E-state index >= 15 is 0 Å². The number of amides is 1. The number of carbonyl (C=O) groups is 1. The van der Waals surface area contributed by atoms with Crippen molar-refractivity contribution in [3.8, 4) is 0 Å². The Kier molecular flexibility index (Phi) is 6.08. The molecular weight excluding hydrogens is 410 g/mol. The first kappa shape index (κ1) is 21.8. The van der Waals surface area contributed by atoms with Crippen LogP contribution in [0.4, 0.5) is 5.69 Å². The van der Waals surface area contributed by atoms with Gasteiger partial charge in [0.05, 0.1) is 4.90 Å². The van der Waals surface area contributed by atoms with E-state index in [0.717, 1.165) is 42.6 Å². The highest BCUT2D eigenvalue weighted by Gasteiger charge is 2.32. The highest BCUT2D eigenvalue weighted by Crippen LogP contribution is 2.28. The lowest BCUT2D eigenvalue weighted by Crippen LogP contribution is -2.42. The Bertz CT molecular complexity index is 1080. The molecule has 2 aromatic carbocycles. The maximum atomic E-state index is 13.5. The van der Waals surface area contributed by atoms with Gasteiger partial charge in [-0.05, 0) is 56.0 Å². The average molecular weight is 442 g/mol. The van der Waals surface area contributed by atoms with Gasteiger partial charge < -0.3 is 9.80 Å². The van der Waals surface area contributed by atoms with Gasteiger partial charge in [-0.2, -0.15) is 4.31 Å². The molecule has 1 unspecified atom stereocenters. The Morgan fingerprint density at radius 3 is 2.58 bits per heavy atom. The van der Waals surface area contributed by atoms with Crippen LogP contribution in [-0.2, 0) is 16.6 Å². The summed E-state index contributed by atoms with van der Waals surface area (Å²) in [6, 6.07) is 13.1. The number of anilines is 1. The number of hydrogen-bond donors (Lipinski definition) is 0. The molecule has 1 fully saturated rings. The van der Waals surface area contributed by atoms with Crippen LogP contribution in [0.3, 0.4) is 0 Å². The summed E-state index contributed by atoms with van der Waals surface area (Å²) in [6.45, 7) is 6.19. The number of likely N-dealkylation sites (N-methyl/N-ethyl adjacent to an activating group) is 1. The summed E-state index contributed by atoms with van der Waals surface area (Å²) < 4.78 is 28.2. The molecule has 1 saturated heterocycles. The second kappa shape index (κ2) is 8.63. The number of para-hydroxylation sites is 1. The van der Waals surface area contributed by atoms with Crippen LogP contribution < -0.4 is 4.90 Å². The maximum absolute atomic E-state index is 13.5. The number of carbonyl (C=O) groups excluding carboxylic acids is 1. The fraction of sp³-hybridized carbons (Fsp3) is 0.458. The molecular formula is C24H31N3O3S. The van der Waals surface area contributed by atoms with E-state index in [1.165, 1.54) is 0 Å². The lowest BCUT2D eigenvalue weighted by atomic mass is 10.1. The molecule has 0 aliphatic carbocycles. The van der Waals surface area contributed by atoms with Crippen molar-refractivity contribution in [2.24, 2.45) is 0 Å². The SMILES string of the molecule is Cc1ccc(S(=O)(=O)N2CCCCC2C)cc1C(=O)N1CCN(C)c2ccccc2C1. The fourth-order valence-corrected chi connectivity index (χ4v) is 6.32. The molecule has 6 nitrogen and oxygen atoms in total. The van der Waals surface area contributed by atoms with Crippen LogP contribution in [0.15, 0.2) is 47.4 Å². The molecule has 2 heterocycles. The predicted molar refractivity (Wildman–Crippen MR) is 123 cm³/mol. The Morgan fingerprint density at radius 1 is 1.03 bits per heavy atom. The van der Waals surface area contributed by atoms with Gasteiger partial charge >= 0.3 is 0 Å². The van der Waals surface area contributed by atoms with Crippen molar-refractivity contribution in [2.45, 2.75) is 50.6 Å². The number of benzene rings is 2. The standard InChI is InChI=1S/C24H31N3O3S/c1-18-11-12-21(31(29,30)27-13-7-6-8-19(27)2)16-22(18)24(28)26-15-14-25(3)23-10-5-4-9-20(23)17-26/h4-5,9-12,16,19H,6-8,13-15,17H2,1-3H3. The molecule has 0 aromatic heterocycles. The highest BCUT2D eigenvalue weighted by atomic mass is 32.2. The van der Waals surface area contributed by atoms with Crippen LogP contribution in [0.2, 0.25) is 0 Å². The molecule has 2 aromatic rings. The summed E-state index contributed by atoms with van der Waals surface area (Å²) in [4.78, 5) is 17.7. The topological polar surface area (TPSA) is 60.9 Å². The number of sulfonamides is 1. The summed E-state index contributed by atoms with van der Waals surface area (Å²) in [5.74, 6) is -0.119. The molecule has 1 atom stereocenters. The maximum Gasteiger partial charge on any atom is 0.254 e.